The zero-order chi connectivity index (χ0) is 20.1. The molecule has 0 aromatic heterocycles. The van der Waals surface area contributed by atoms with Gasteiger partial charge in [0.1, 0.15) is 5.75 Å². The molecule has 2 fully saturated rings. The predicted octanol–water partition coefficient (Wildman–Crippen LogP) is 4.26. The lowest BCUT2D eigenvalue weighted by molar-refractivity contribution is 0.0383. The first kappa shape index (κ1) is 19.8. The second kappa shape index (κ2) is 9.31. The highest BCUT2D eigenvalue weighted by atomic mass is 16.5. The molecule has 2 saturated heterocycles. The summed E-state index contributed by atoms with van der Waals surface area (Å²) in [6, 6.07) is 18.9. The minimum absolute atomic E-state index is 0.0348. The van der Waals surface area contributed by atoms with E-state index in [1.807, 2.05) is 36.1 Å². The number of hydrogen-bond donors (Lipinski definition) is 1. The van der Waals surface area contributed by atoms with E-state index in [0.29, 0.717) is 12.6 Å². The molecule has 29 heavy (non-hydrogen) atoms. The lowest BCUT2D eigenvalue weighted by Gasteiger charge is -2.47. The Balaban J connectivity index is 1.21. The van der Waals surface area contributed by atoms with Crippen LogP contribution in [0.2, 0.25) is 0 Å². The molecule has 2 amide bonds. The summed E-state index contributed by atoms with van der Waals surface area (Å²) in [5.74, 6) is 1.50. The van der Waals surface area contributed by atoms with Crippen molar-refractivity contribution in [3.8, 4) is 5.75 Å². The topological polar surface area (TPSA) is 44.8 Å². The molecule has 4 rings (SSSR count). The Morgan fingerprint density at radius 2 is 1.72 bits per heavy atom. The molecule has 0 bridgehead atoms. The second-order valence-electron chi connectivity index (χ2n) is 8.09. The maximum Gasteiger partial charge on any atom is 0.322 e. The largest absolute Gasteiger partial charge is 0.492 e. The van der Waals surface area contributed by atoms with Crippen LogP contribution in [0, 0.1) is 5.92 Å². The number of likely N-dealkylation sites (tertiary alicyclic amines) is 2. The molecule has 2 aromatic rings. The molecule has 0 radical (unpaired) electrons. The van der Waals surface area contributed by atoms with Gasteiger partial charge >= 0.3 is 6.03 Å². The molecule has 0 atom stereocenters. The number of ether oxygens (including phenoxy) is 1. The van der Waals surface area contributed by atoms with Crippen LogP contribution in [0.25, 0.3) is 0 Å². The molecule has 2 heterocycles. The third kappa shape index (κ3) is 4.91. The minimum atomic E-state index is -0.0348. The quantitative estimate of drug-likeness (QED) is 0.798. The number of hydrogen-bond acceptors (Lipinski definition) is 3. The Bertz CT molecular complexity index is 797. The van der Waals surface area contributed by atoms with E-state index >= 15 is 0 Å². The minimum Gasteiger partial charge on any atom is -0.492 e. The summed E-state index contributed by atoms with van der Waals surface area (Å²) in [4.78, 5) is 17.0. The molecule has 0 aliphatic carbocycles. The van der Waals surface area contributed by atoms with Crippen molar-refractivity contribution in [3.63, 3.8) is 0 Å². The summed E-state index contributed by atoms with van der Waals surface area (Å²) >= 11 is 0. The maximum absolute atomic E-state index is 12.6. The zero-order valence-electron chi connectivity index (χ0n) is 17.2. The van der Waals surface area contributed by atoms with Crippen molar-refractivity contribution in [1.82, 2.24) is 9.80 Å². The highest BCUT2D eigenvalue weighted by Gasteiger charge is 2.36. The van der Waals surface area contributed by atoms with Crippen LogP contribution in [-0.4, -0.2) is 54.7 Å². The number of nitrogens with zero attached hydrogens (tertiary/aromatic N) is 2. The van der Waals surface area contributed by atoms with Gasteiger partial charge in [-0.05, 0) is 62.9 Å². The lowest BCUT2D eigenvalue weighted by Crippen LogP contribution is -2.63. The van der Waals surface area contributed by atoms with Gasteiger partial charge in [0.05, 0.1) is 12.3 Å². The molecule has 5 heteroatoms. The fourth-order valence-electron chi connectivity index (χ4n) is 4.37. The van der Waals surface area contributed by atoms with Gasteiger partial charge in [-0.2, -0.15) is 0 Å². The van der Waals surface area contributed by atoms with Gasteiger partial charge in [0, 0.05) is 19.1 Å². The number of benzene rings is 2. The van der Waals surface area contributed by atoms with Crippen molar-refractivity contribution in [2.75, 3.05) is 38.1 Å². The number of carbonyl (C=O) groups excluding carboxylic acids is 1. The summed E-state index contributed by atoms with van der Waals surface area (Å²) in [6.45, 7) is 6.44. The first-order chi connectivity index (χ1) is 14.2. The predicted molar refractivity (Wildman–Crippen MR) is 116 cm³/mol. The summed E-state index contributed by atoms with van der Waals surface area (Å²) in [7, 11) is 0. The van der Waals surface area contributed by atoms with Crippen molar-refractivity contribution in [2.24, 2.45) is 5.92 Å². The van der Waals surface area contributed by atoms with Gasteiger partial charge in [-0.25, -0.2) is 4.79 Å². The van der Waals surface area contributed by atoms with Gasteiger partial charge in [0.15, 0.2) is 0 Å². The van der Waals surface area contributed by atoms with Gasteiger partial charge in [0.25, 0.3) is 0 Å². The van der Waals surface area contributed by atoms with Gasteiger partial charge in [-0.15, -0.1) is 0 Å². The Labute approximate surface area is 173 Å². The first-order valence-electron chi connectivity index (χ1n) is 10.8. The fourth-order valence-corrected chi connectivity index (χ4v) is 4.37. The molecule has 2 aliphatic heterocycles. The van der Waals surface area contributed by atoms with Crippen LogP contribution in [-0.2, 0) is 6.42 Å². The lowest BCUT2D eigenvalue weighted by atomic mass is 9.89. The van der Waals surface area contributed by atoms with Crippen LogP contribution in [0.4, 0.5) is 10.5 Å². The normalized spacial score (nSPS) is 18.3. The van der Waals surface area contributed by atoms with Crippen molar-refractivity contribution < 1.29 is 9.53 Å². The van der Waals surface area contributed by atoms with E-state index in [-0.39, 0.29) is 6.03 Å². The van der Waals surface area contributed by atoms with Crippen molar-refractivity contribution >= 4 is 11.7 Å². The van der Waals surface area contributed by atoms with E-state index in [0.717, 1.165) is 43.5 Å². The van der Waals surface area contributed by atoms with E-state index in [9.17, 15) is 4.79 Å². The van der Waals surface area contributed by atoms with Crippen LogP contribution >= 0.6 is 0 Å². The summed E-state index contributed by atoms with van der Waals surface area (Å²) < 4.78 is 5.60. The Morgan fingerprint density at radius 3 is 2.45 bits per heavy atom. The average molecular weight is 394 g/mol. The first-order valence-corrected chi connectivity index (χ1v) is 10.8. The highest BCUT2D eigenvalue weighted by molar-refractivity contribution is 5.91. The fraction of sp³-hybridized carbons (Fsp3) is 0.458. The number of anilines is 1. The van der Waals surface area contributed by atoms with Crippen molar-refractivity contribution in [3.05, 3.63) is 60.2 Å². The number of carbonyl (C=O) groups is 1. The van der Waals surface area contributed by atoms with Crippen molar-refractivity contribution in [1.29, 1.82) is 0 Å². The molecule has 5 nitrogen and oxygen atoms in total. The SMILES string of the molecule is CCOc1ccccc1NC(=O)N1CC(N2CCC(Cc3ccccc3)CC2)C1. The zero-order valence-corrected chi connectivity index (χ0v) is 17.2. The third-order valence-corrected chi connectivity index (χ3v) is 6.11. The number of amides is 2. The van der Waals surface area contributed by atoms with E-state index in [1.54, 1.807) is 0 Å². The summed E-state index contributed by atoms with van der Waals surface area (Å²) in [5, 5.41) is 3.00. The Morgan fingerprint density at radius 1 is 1.03 bits per heavy atom. The van der Waals surface area contributed by atoms with Gasteiger partial charge in [-0.3, -0.25) is 4.90 Å². The van der Waals surface area contributed by atoms with Gasteiger partial charge < -0.3 is 15.0 Å². The summed E-state index contributed by atoms with van der Waals surface area (Å²) in [5.41, 5.74) is 2.19. The molecule has 0 spiro atoms. The molecular formula is C24H31N3O2. The Kier molecular flexibility index (Phi) is 6.35. The third-order valence-electron chi connectivity index (χ3n) is 6.11. The van der Waals surface area contributed by atoms with Crippen molar-refractivity contribution in [2.45, 2.75) is 32.2 Å². The highest BCUT2D eigenvalue weighted by Crippen LogP contribution is 2.27. The number of nitrogens with one attached hydrogen (secondary N) is 1. The molecule has 154 valence electrons. The summed E-state index contributed by atoms with van der Waals surface area (Å²) in [6.07, 6.45) is 3.69. The number of piperidine rings is 1. The molecule has 0 saturated carbocycles. The maximum atomic E-state index is 12.6. The van der Waals surface area contributed by atoms with Crippen LogP contribution in [0.1, 0.15) is 25.3 Å². The molecule has 1 N–H and O–H groups in total. The van der Waals surface area contributed by atoms with E-state index < -0.39 is 0 Å². The number of urea groups is 1. The van der Waals surface area contributed by atoms with E-state index in [2.05, 4.69) is 40.5 Å². The smallest absolute Gasteiger partial charge is 0.322 e. The van der Waals surface area contributed by atoms with Crippen LogP contribution in [0.3, 0.4) is 0 Å². The standard InChI is InChI=1S/C24H31N3O2/c1-2-29-23-11-7-6-10-22(23)25-24(28)27-17-21(18-27)26-14-12-20(13-15-26)16-19-8-4-3-5-9-19/h3-11,20-21H,2,12-18H2,1H3,(H,25,28). The number of para-hydroxylation sites is 2. The molecular weight excluding hydrogens is 362 g/mol. The van der Waals surface area contributed by atoms with Crippen LogP contribution < -0.4 is 10.1 Å². The second-order valence-corrected chi connectivity index (χ2v) is 8.09. The monoisotopic (exact) mass is 393 g/mol. The molecule has 2 aliphatic rings. The average Bonchev–Trinajstić information content (AvgIpc) is 2.71. The number of rotatable bonds is 6. The van der Waals surface area contributed by atoms with E-state index in [4.69, 9.17) is 4.74 Å². The molecule has 0 unspecified atom stereocenters. The van der Waals surface area contributed by atoms with Crippen LogP contribution in [0.5, 0.6) is 5.75 Å². The van der Waals surface area contributed by atoms with Gasteiger partial charge in [0.2, 0.25) is 0 Å². The van der Waals surface area contributed by atoms with Crippen LogP contribution in [0.15, 0.2) is 54.6 Å². The Hall–Kier alpha value is -2.53. The van der Waals surface area contributed by atoms with Gasteiger partial charge in [-0.1, -0.05) is 42.5 Å². The van der Waals surface area contributed by atoms with E-state index in [1.165, 1.54) is 24.8 Å². The molecule has 2 aromatic carbocycles.